The zero-order valence-electron chi connectivity index (χ0n) is 8.38. The third-order valence-corrected chi connectivity index (χ3v) is 2.24. The molecule has 0 aliphatic heterocycles. The van der Waals surface area contributed by atoms with Gasteiger partial charge in [-0.05, 0) is 18.8 Å². The number of hydrogen-bond donors (Lipinski definition) is 1. The van der Waals surface area contributed by atoms with E-state index in [9.17, 15) is 4.79 Å². The van der Waals surface area contributed by atoms with Crippen LogP contribution >= 0.6 is 0 Å². The van der Waals surface area contributed by atoms with Gasteiger partial charge in [0.2, 0.25) is 0 Å². The lowest BCUT2D eigenvalue weighted by Gasteiger charge is -2.18. The maximum atomic E-state index is 10.7. The number of rotatable bonds is 1. The van der Waals surface area contributed by atoms with Crippen molar-refractivity contribution in [3.8, 4) is 0 Å². The molecule has 76 valence electrons. The number of Topliss-reactive ketones (excluding diaryl/α,β-unsaturated/α-hetero) is 1. The van der Waals surface area contributed by atoms with Gasteiger partial charge in [0, 0.05) is 19.8 Å². The van der Waals surface area contributed by atoms with Crippen molar-refractivity contribution in [2.75, 3.05) is 0 Å². The molecule has 1 saturated carbocycles. The molecule has 1 rings (SSSR count). The van der Waals surface area contributed by atoms with E-state index in [2.05, 4.69) is 6.92 Å². The fourth-order valence-corrected chi connectivity index (χ4v) is 1.41. The standard InChI is InChI=1S/C8H14O.C2H4O2/c1-2-7-3-5-8(9)6-4-7;1-2(3)4/h7H,2-6H2,1H3;1H3,(H,3,4). The minimum Gasteiger partial charge on any atom is -0.481 e. The Morgan fingerprint density at radius 2 is 1.85 bits per heavy atom. The number of aliphatic carboxylic acids is 1. The van der Waals surface area contributed by atoms with Crippen LogP contribution in [0.2, 0.25) is 0 Å². The molecule has 1 N–H and O–H groups in total. The second kappa shape index (κ2) is 6.63. The van der Waals surface area contributed by atoms with Crippen LogP contribution in [0.5, 0.6) is 0 Å². The van der Waals surface area contributed by atoms with Crippen LogP contribution in [0.1, 0.15) is 46.0 Å². The smallest absolute Gasteiger partial charge is 0.300 e. The van der Waals surface area contributed by atoms with Crippen molar-refractivity contribution in [1.82, 2.24) is 0 Å². The van der Waals surface area contributed by atoms with Crippen molar-refractivity contribution in [3.05, 3.63) is 0 Å². The van der Waals surface area contributed by atoms with Gasteiger partial charge in [0.1, 0.15) is 5.78 Å². The molecule has 0 radical (unpaired) electrons. The van der Waals surface area contributed by atoms with E-state index in [4.69, 9.17) is 9.90 Å². The average Bonchev–Trinajstić information content (AvgIpc) is 2.05. The van der Waals surface area contributed by atoms with E-state index in [-0.39, 0.29) is 0 Å². The van der Waals surface area contributed by atoms with E-state index in [1.165, 1.54) is 6.42 Å². The van der Waals surface area contributed by atoms with Crippen LogP contribution in [-0.2, 0) is 9.59 Å². The van der Waals surface area contributed by atoms with Gasteiger partial charge in [0.05, 0.1) is 0 Å². The maximum absolute atomic E-state index is 10.7. The fourth-order valence-electron chi connectivity index (χ4n) is 1.41. The summed E-state index contributed by atoms with van der Waals surface area (Å²) in [5, 5.41) is 7.42. The molecule has 0 aromatic carbocycles. The number of carbonyl (C=O) groups excluding carboxylic acids is 1. The van der Waals surface area contributed by atoms with Gasteiger partial charge in [-0.3, -0.25) is 9.59 Å². The van der Waals surface area contributed by atoms with Gasteiger partial charge in [-0.2, -0.15) is 0 Å². The molecular formula is C10H18O3. The largest absolute Gasteiger partial charge is 0.481 e. The quantitative estimate of drug-likeness (QED) is 0.683. The molecule has 13 heavy (non-hydrogen) atoms. The Morgan fingerprint density at radius 3 is 2.15 bits per heavy atom. The van der Waals surface area contributed by atoms with Gasteiger partial charge in [0.15, 0.2) is 0 Å². The van der Waals surface area contributed by atoms with E-state index in [0.717, 1.165) is 38.5 Å². The Balaban J connectivity index is 0.000000310. The normalized spacial score (nSPS) is 17.5. The number of hydrogen-bond acceptors (Lipinski definition) is 2. The van der Waals surface area contributed by atoms with Crippen LogP contribution in [0, 0.1) is 5.92 Å². The molecule has 0 saturated heterocycles. The molecule has 0 unspecified atom stereocenters. The molecule has 1 fully saturated rings. The van der Waals surface area contributed by atoms with Gasteiger partial charge in [-0.15, -0.1) is 0 Å². The summed E-state index contributed by atoms with van der Waals surface area (Å²) in [5.41, 5.74) is 0. The molecule has 1 aliphatic carbocycles. The van der Waals surface area contributed by atoms with E-state index in [1.54, 1.807) is 0 Å². The summed E-state index contributed by atoms with van der Waals surface area (Å²) in [6.07, 6.45) is 5.24. The monoisotopic (exact) mass is 186 g/mol. The van der Waals surface area contributed by atoms with Crippen LogP contribution in [0.25, 0.3) is 0 Å². The topological polar surface area (TPSA) is 54.4 Å². The summed E-state index contributed by atoms with van der Waals surface area (Å²) in [4.78, 5) is 19.7. The number of carboxylic acids is 1. The zero-order valence-corrected chi connectivity index (χ0v) is 8.38. The molecule has 0 aromatic rings. The number of carboxylic acid groups (broad SMARTS) is 1. The first kappa shape index (κ1) is 12.1. The highest BCUT2D eigenvalue weighted by Crippen LogP contribution is 2.23. The SMILES string of the molecule is CC(=O)O.CCC1CCC(=O)CC1. The van der Waals surface area contributed by atoms with E-state index >= 15 is 0 Å². The number of carbonyl (C=O) groups is 2. The molecule has 0 bridgehead atoms. The lowest BCUT2D eigenvalue weighted by molar-refractivity contribution is -0.134. The second-order valence-electron chi connectivity index (χ2n) is 3.41. The molecule has 0 atom stereocenters. The van der Waals surface area contributed by atoms with Gasteiger partial charge in [-0.25, -0.2) is 0 Å². The van der Waals surface area contributed by atoms with Crippen molar-refractivity contribution in [3.63, 3.8) is 0 Å². The summed E-state index contributed by atoms with van der Waals surface area (Å²) in [6.45, 7) is 3.29. The molecule has 0 heterocycles. The fraction of sp³-hybridized carbons (Fsp3) is 0.800. The molecule has 0 spiro atoms. The molecule has 3 heteroatoms. The van der Waals surface area contributed by atoms with Crippen molar-refractivity contribution in [1.29, 1.82) is 0 Å². The zero-order chi connectivity index (χ0) is 10.3. The Hall–Kier alpha value is -0.860. The highest BCUT2D eigenvalue weighted by atomic mass is 16.4. The molecular weight excluding hydrogens is 168 g/mol. The minimum atomic E-state index is -0.833. The lowest BCUT2D eigenvalue weighted by atomic mass is 9.87. The third kappa shape index (κ3) is 7.50. The summed E-state index contributed by atoms with van der Waals surface area (Å²) in [6, 6.07) is 0. The summed E-state index contributed by atoms with van der Waals surface area (Å²) >= 11 is 0. The summed E-state index contributed by atoms with van der Waals surface area (Å²) < 4.78 is 0. The van der Waals surface area contributed by atoms with Gasteiger partial charge < -0.3 is 5.11 Å². The second-order valence-corrected chi connectivity index (χ2v) is 3.41. The van der Waals surface area contributed by atoms with Crippen LogP contribution in [0.15, 0.2) is 0 Å². The number of ketones is 1. The first-order chi connectivity index (χ1) is 6.06. The highest BCUT2D eigenvalue weighted by Gasteiger charge is 2.16. The van der Waals surface area contributed by atoms with Crippen molar-refractivity contribution in [2.24, 2.45) is 5.92 Å². The van der Waals surface area contributed by atoms with E-state index in [0.29, 0.717) is 5.78 Å². The third-order valence-electron chi connectivity index (χ3n) is 2.24. The van der Waals surface area contributed by atoms with Crippen LogP contribution in [-0.4, -0.2) is 16.9 Å². The molecule has 0 aromatic heterocycles. The van der Waals surface area contributed by atoms with Crippen molar-refractivity contribution < 1.29 is 14.7 Å². The Bertz CT molecular complexity index is 161. The predicted molar refractivity (Wildman–Crippen MR) is 50.6 cm³/mol. The Labute approximate surface area is 79.1 Å². The Morgan fingerprint density at radius 1 is 1.46 bits per heavy atom. The van der Waals surface area contributed by atoms with Crippen LogP contribution in [0.4, 0.5) is 0 Å². The van der Waals surface area contributed by atoms with Gasteiger partial charge in [0.25, 0.3) is 5.97 Å². The molecule has 3 nitrogen and oxygen atoms in total. The molecule has 0 amide bonds. The predicted octanol–water partition coefficient (Wildman–Crippen LogP) is 2.25. The van der Waals surface area contributed by atoms with Gasteiger partial charge >= 0.3 is 0 Å². The first-order valence-electron chi connectivity index (χ1n) is 4.77. The van der Waals surface area contributed by atoms with Crippen LogP contribution < -0.4 is 0 Å². The summed E-state index contributed by atoms with van der Waals surface area (Å²) in [7, 11) is 0. The minimum absolute atomic E-state index is 0.472. The molecule has 1 aliphatic rings. The highest BCUT2D eigenvalue weighted by molar-refractivity contribution is 5.78. The van der Waals surface area contributed by atoms with Crippen molar-refractivity contribution in [2.45, 2.75) is 46.0 Å². The first-order valence-corrected chi connectivity index (χ1v) is 4.77. The van der Waals surface area contributed by atoms with Gasteiger partial charge in [-0.1, -0.05) is 13.3 Å². The average molecular weight is 186 g/mol. The van der Waals surface area contributed by atoms with Crippen molar-refractivity contribution >= 4 is 11.8 Å². The Kier molecular flexibility index (Phi) is 6.20. The lowest BCUT2D eigenvalue weighted by Crippen LogP contribution is -2.12. The van der Waals surface area contributed by atoms with E-state index in [1.807, 2.05) is 0 Å². The van der Waals surface area contributed by atoms with Crippen LogP contribution in [0.3, 0.4) is 0 Å². The summed E-state index contributed by atoms with van der Waals surface area (Å²) in [5.74, 6) is 0.488. The van der Waals surface area contributed by atoms with E-state index < -0.39 is 5.97 Å². The maximum Gasteiger partial charge on any atom is 0.300 e.